The van der Waals surface area contributed by atoms with Gasteiger partial charge in [-0.25, -0.2) is 4.98 Å². The van der Waals surface area contributed by atoms with E-state index >= 15 is 0 Å². The minimum absolute atomic E-state index is 0.134. The first kappa shape index (κ1) is 14.0. The molecule has 1 aromatic carbocycles. The van der Waals surface area contributed by atoms with E-state index in [9.17, 15) is 18.0 Å². The van der Waals surface area contributed by atoms with Crippen LogP contribution in [0.2, 0.25) is 0 Å². The Balaban J connectivity index is 2.55. The lowest BCUT2D eigenvalue weighted by atomic mass is 10.0. The van der Waals surface area contributed by atoms with Gasteiger partial charge in [-0.05, 0) is 18.2 Å². The average molecular weight is 281 g/mol. The summed E-state index contributed by atoms with van der Waals surface area (Å²) in [5.74, 6) is -0.690. The fourth-order valence-electron chi connectivity index (χ4n) is 1.78. The number of nitrogens with zero attached hydrogens (tertiary/aromatic N) is 1. The SMILES string of the molecule is COc1cccnc1C(=O)c1ccccc1C(F)(F)F. The van der Waals surface area contributed by atoms with E-state index in [1.54, 1.807) is 0 Å². The fourth-order valence-corrected chi connectivity index (χ4v) is 1.78. The Hall–Kier alpha value is -2.37. The molecular weight excluding hydrogens is 271 g/mol. The quantitative estimate of drug-likeness (QED) is 0.810. The highest BCUT2D eigenvalue weighted by atomic mass is 19.4. The summed E-state index contributed by atoms with van der Waals surface area (Å²) in [6, 6.07) is 7.59. The van der Waals surface area contributed by atoms with Gasteiger partial charge in [0.15, 0.2) is 5.69 Å². The van der Waals surface area contributed by atoms with Crippen LogP contribution in [-0.2, 0) is 6.18 Å². The van der Waals surface area contributed by atoms with Crippen molar-refractivity contribution in [3.63, 3.8) is 0 Å². The van der Waals surface area contributed by atoms with Gasteiger partial charge in [0.2, 0.25) is 5.78 Å². The molecule has 0 saturated carbocycles. The molecule has 0 aliphatic heterocycles. The van der Waals surface area contributed by atoms with Crippen molar-refractivity contribution in [2.75, 3.05) is 7.11 Å². The van der Waals surface area contributed by atoms with E-state index in [1.165, 1.54) is 37.6 Å². The first-order valence-electron chi connectivity index (χ1n) is 5.65. The number of ketones is 1. The van der Waals surface area contributed by atoms with Crippen LogP contribution < -0.4 is 4.74 Å². The number of carbonyl (C=O) groups is 1. The lowest BCUT2D eigenvalue weighted by Gasteiger charge is -2.12. The van der Waals surface area contributed by atoms with Gasteiger partial charge in [-0.2, -0.15) is 13.2 Å². The Morgan fingerprint density at radius 2 is 1.85 bits per heavy atom. The first-order chi connectivity index (χ1) is 9.45. The number of carbonyl (C=O) groups excluding carboxylic acids is 1. The minimum atomic E-state index is -4.60. The van der Waals surface area contributed by atoms with Crippen molar-refractivity contribution in [3.8, 4) is 5.75 Å². The Bertz CT molecular complexity index is 638. The second-order valence-electron chi connectivity index (χ2n) is 3.93. The van der Waals surface area contributed by atoms with Crippen molar-refractivity contribution in [1.82, 2.24) is 4.98 Å². The van der Waals surface area contributed by atoms with E-state index in [2.05, 4.69) is 4.98 Å². The van der Waals surface area contributed by atoms with Crippen LogP contribution in [0.5, 0.6) is 5.75 Å². The monoisotopic (exact) mass is 281 g/mol. The number of halogens is 3. The zero-order valence-corrected chi connectivity index (χ0v) is 10.4. The molecule has 0 N–H and O–H groups in total. The number of benzene rings is 1. The first-order valence-corrected chi connectivity index (χ1v) is 5.65. The molecule has 0 spiro atoms. The lowest BCUT2D eigenvalue weighted by molar-refractivity contribution is -0.137. The summed E-state index contributed by atoms with van der Waals surface area (Å²) in [6.07, 6.45) is -3.28. The van der Waals surface area contributed by atoms with Gasteiger partial charge in [0.25, 0.3) is 0 Å². The van der Waals surface area contributed by atoms with Crippen molar-refractivity contribution in [1.29, 1.82) is 0 Å². The van der Waals surface area contributed by atoms with Crippen molar-refractivity contribution in [2.45, 2.75) is 6.18 Å². The van der Waals surface area contributed by atoms with E-state index in [0.29, 0.717) is 0 Å². The summed E-state index contributed by atoms with van der Waals surface area (Å²) in [4.78, 5) is 16.1. The molecule has 0 saturated heterocycles. The Morgan fingerprint density at radius 3 is 2.50 bits per heavy atom. The standard InChI is InChI=1S/C14H10F3NO2/c1-20-11-7-4-8-18-12(11)13(19)9-5-2-3-6-10(9)14(15,16)17/h2-8H,1H3. The number of methoxy groups -OCH3 is 1. The Morgan fingerprint density at radius 1 is 1.15 bits per heavy atom. The predicted octanol–water partition coefficient (Wildman–Crippen LogP) is 3.34. The molecule has 2 aromatic rings. The maximum absolute atomic E-state index is 12.9. The topological polar surface area (TPSA) is 39.2 Å². The minimum Gasteiger partial charge on any atom is -0.494 e. The van der Waals surface area contributed by atoms with Crippen molar-refractivity contribution in [2.24, 2.45) is 0 Å². The second-order valence-corrected chi connectivity index (χ2v) is 3.93. The molecule has 0 unspecified atom stereocenters. The molecule has 2 rings (SSSR count). The molecule has 20 heavy (non-hydrogen) atoms. The van der Waals surface area contributed by atoms with Crippen molar-refractivity contribution in [3.05, 3.63) is 59.4 Å². The highest BCUT2D eigenvalue weighted by molar-refractivity contribution is 6.10. The van der Waals surface area contributed by atoms with E-state index in [4.69, 9.17) is 4.74 Å². The van der Waals surface area contributed by atoms with E-state index in [0.717, 1.165) is 12.1 Å². The molecule has 0 bridgehead atoms. The number of ether oxygens (including phenoxy) is 1. The van der Waals surface area contributed by atoms with Gasteiger partial charge in [0.05, 0.1) is 12.7 Å². The molecule has 1 aromatic heterocycles. The number of aromatic nitrogens is 1. The molecular formula is C14H10F3NO2. The number of rotatable bonds is 3. The van der Waals surface area contributed by atoms with Crippen molar-refractivity contribution >= 4 is 5.78 Å². The van der Waals surface area contributed by atoms with Gasteiger partial charge in [-0.15, -0.1) is 0 Å². The highest BCUT2D eigenvalue weighted by Gasteiger charge is 2.35. The van der Waals surface area contributed by atoms with Crippen LogP contribution in [0.1, 0.15) is 21.6 Å². The largest absolute Gasteiger partial charge is 0.494 e. The smallest absolute Gasteiger partial charge is 0.417 e. The average Bonchev–Trinajstić information content (AvgIpc) is 2.45. The fraction of sp³-hybridized carbons (Fsp3) is 0.143. The number of hydrogen-bond donors (Lipinski definition) is 0. The van der Waals surface area contributed by atoms with Gasteiger partial charge >= 0.3 is 6.18 Å². The summed E-state index contributed by atoms with van der Waals surface area (Å²) >= 11 is 0. The molecule has 0 fully saturated rings. The molecule has 0 aliphatic carbocycles. The lowest BCUT2D eigenvalue weighted by Crippen LogP contribution is -2.15. The van der Waals surface area contributed by atoms with Gasteiger partial charge < -0.3 is 4.74 Å². The van der Waals surface area contributed by atoms with Gasteiger partial charge in [-0.1, -0.05) is 18.2 Å². The number of pyridine rings is 1. The van der Waals surface area contributed by atoms with Crippen LogP contribution >= 0.6 is 0 Å². The predicted molar refractivity (Wildman–Crippen MR) is 65.7 cm³/mol. The third-order valence-electron chi connectivity index (χ3n) is 2.68. The molecule has 104 valence electrons. The van der Waals surface area contributed by atoms with E-state index < -0.39 is 23.1 Å². The molecule has 0 amide bonds. The van der Waals surface area contributed by atoms with E-state index in [-0.39, 0.29) is 11.4 Å². The summed E-state index contributed by atoms with van der Waals surface area (Å²) < 4.78 is 43.7. The van der Waals surface area contributed by atoms with Crippen LogP contribution in [0.25, 0.3) is 0 Å². The molecule has 0 atom stereocenters. The second kappa shape index (κ2) is 5.32. The normalized spacial score (nSPS) is 11.2. The van der Waals surface area contributed by atoms with Gasteiger partial charge in [-0.3, -0.25) is 4.79 Å². The summed E-state index contributed by atoms with van der Waals surface area (Å²) in [5, 5.41) is 0. The maximum atomic E-state index is 12.9. The Labute approximate surface area is 113 Å². The van der Waals surface area contributed by atoms with E-state index in [1.807, 2.05) is 0 Å². The zero-order chi connectivity index (χ0) is 14.8. The molecule has 1 heterocycles. The molecule has 0 radical (unpaired) electrons. The molecule has 0 aliphatic rings. The third-order valence-corrected chi connectivity index (χ3v) is 2.68. The van der Waals surface area contributed by atoms with Crippen LogP contribution in [0, 0.1) is 0 Å². The number of hydrogen-bond acceptors (Lipinski definition) is 3. The molecule has 6 heteroatoms. The summed E-state index contributed by atoms with van der Waals surface area (Å²) in [5.41, 5.74) is -1.58. The number of alkyl halides is 3. The maximum Gasteiger partial charge on any atom is 0.417 e. The summed E-state index contributed by atoms with van der Waals surface area (Å²) in [7, 11) is 1.32. The van der Waals surface area contributed by atoms with Gasteiger partial charge in [0.1, 0.15) is 5.75 Å². The van der Waals surface area contributed by atoms with Crippen molar-refractivity contribution < 1.29 is 22.7 Å². The van der Waals surface area contributed by atoms with Crippen LogP contribution in [0.3, 0.4) is 0 Å². The molecule has 3 nitrogen and oxygen atoms in total. The van der Waals surface area contributed by atoms with Crippen LogP contribution in [0.4, 0.5) is 13.2 Å². The van der Waals surface area contributed by atoms with Gasteiger partial charge in [0, 0.05) is 11.8 Å². The summed E-state index contributed by atoms with van der Waals surface area (Å²) in [6.45, 7) is 0. The van der Waals surface area contributed by atoms with Crippen LogP contribution in [0.15, 0.2) is 42.6 Å². The highest BCUT2D eigenvalue weighted by Crippen LogP contribution is 2.33. The zero-order valence-electron chi connectivity index (χ0n) is 10.4. The third kappa shape index (κ3) is 2.64. The van der Waals surface area contributed by atoms with Crippen LogP contribution in [-0.4, -0.2) is 17.9 Å². The Kier molecular flexibility index (Phi) is 3.74.